The summed E-state index contributed by atoms with van der Waals surface area (Å²) < 4.78 is 4.62. The lowest BCUT2D eigenvalue weighted by molar-refractivity contribution is 0.0600. The molecule has 1 aromatic carbocycles. The van der Waals surface area contributed by atoms with Crippen LogP contribution in [0.15, 0.2) is 41.8 Å². The van der Waals surface area contributed by atoms with E-state index in [1.807, 2.05) is 17.5 Å². The second-order valence-electron chi connectivity index (χ2n) is 4.31. The van der Waals surface area contributed by atoms with Gasteiger partial charge in [0.1, 0.15) is 0 Å². The molecule has 2 aromatic rings. The molecule has 0 N–H and O–H groups in total. The van der Waals surface area contributed by atoms with Crippen LogP contribution in [0.5, 0.6) is 0 Å². The molecule has 2 rings (SSSR count). The maximum Gasteiger partial charge on any atom is 0.337 e. The molecule has 0 saturated carbocycles. The number of thiophene rings is 1. The molecule has 0 radical (unpaired) electrons. The third-order valence-corrected chi connectivity index (χ3v) is 3.73. The predicted octanol–water partition coefficient (Wildman–Crippen LogP) is 2.81. The summed E-state index contributed by atoms with van der Waals surface area (Å²) in [5.74, 6) is -0.481. The highest BCUT2D eigenvalue weighted by atomic mass is 32.1. The van der Waals surface area contributed by atoms with E-state index in [0.29, 0.717) is 17.7 Å². The number of benzene rings is 1. The van der Waals surface area contributed by atoms with Crippen molar-refractivity contribution in [2.24, 2.45) is 0 Å². The zero-order chi connectivity index (χ0) is 14.5. The highest BCUT2D eigenvalue weighted by Gasteiger charge is 2.13. The second kappa shape index (κ2) is 6.34. The van der Waals surface area contributed by atoms with E-state index in [1.165, 1.54) is 7.11 Å². The summed E-state index contributed by atoms with van der Waals surface area (Å²) in [5, 5.41) is 1.98. The van der Waals surface area contributed by atoms with Crippen LogP contribution in [0.25, 0.3) is 0 Å². The summed E-state index contributed by atoms with van der Waals surface area (Å²) >= 11 is 1.62. The van der Waals surface area contributed by atoms with Gasteiger partial charge in [0.2, 0.25) is 0 Å². The Morgan fingerprint density at radius 2 is 1.80 bits per heavy atom. The number of hydrogen-bond acceptors (Lipinski definition) is 4. The summed E-state index contributed by atoms with van der Waals surface area (Å²) in [4.78, 5) is 26.3. The van der Waals surface area contributed by atoms with Crippen molar-refractivity contribution >= 4 is 23.2 Å². The van der Waals surface area contributed by atoms with Gasteiger partial charge in [0.25, 0.3) is 5.91 Å². The van der Waals surface area contributed by atoms with Crippen molar-refractivity contribution in [1.82, 2.24) is 4.90 Å². The standard InChI is InChI=1S/C15H15NO3S/c1-16(10-13-4-3-9-20-13)14(17)11-5-7-12(8-6-11)15(18)19-2/h3-9H,10H2,1-2H3. The molecule has 0 spiro atoms. The third kappa shape index (κ3) is 3.24. The van der Waals surface area contributed by atoms with Crippen LogP contribution in [0, 0.1) is 0 Å². The van der Waals surface area contributed by atoms with Gasteiger partial charge in [-0.15, -0.1) is 11.3 Å². The first-order chi connectivity index (χ1) is 9.61. The first-order valence-electron chi connectivity index (χ1n) is 6.08. The average Bonchev–Trinajstić information content (AvgIpc) is 2.98. The number of hydrogen-bond donors (Lipinski definition) is 0. The number of carbonyl (C=O) groups excluding carboxylic acids is 2. The van der Waals surface area contributed by atoms with Crippen molar-refractivity contribution in [3.8, 4) is 0 Å². The molecule has 20 heavy (non-hydrogen) atoms. The fourth-order valence-electron chi connectivity index (χ4n) is 1.80. The van der Waals surface area contributed by atoms with Crippen molar-refractivity contribution < 1.29 is 14.3 Å². The maximum atomic E-state index is 12.2. The van der Waals surface area contributed by atoms with Gasteiger partial charge in [0.05, 0.1) is 19.2 Å². The van der Waals surface area contributed by atoms with Crippen molar-refractivity contribution in [2.75, 3.05) is 14.2 Å². The van der Waals surface area contributed by atoms with E-state index in [2.05, 4.69) is 4.74 Å². The van der Waals surface area contributed by atoms with E-state index in [9.17, 15) is 9.59 Å². The molecule has 1 aromatic heterocycles. The van der Waals surface area contributed by atoms with Gasteiger partial charge >= 0.3 is 5.97 Å². The Bertz CT molecular complexity index is 590. The molecule has 104 valence electrons. The normalized spacial score (nSPS) is 10.1. The van der Waals surface area contributed by atoms with Crippen LogP contribution < -0.4 is 0 Å². The molecule has 0 saturated heterocycles. The van der Waals surface area contributed by atoms with Crippen LogP contribution in [-0.2, 0) is 11.3 Å². The van der Waals surface area contributed by atoms with Gasteiger partial charge in [-0.2, -0.15) is 0 Å². The molecule has 0 fully saturated rings. The zero-order valence-electron chi connectivity index (χ0n) is 11.3. The number of amides is 1. The van der Waals surface area contributed by atoms with Crippen LogP contribution in [0.4, 0.5) is 0 Å². The lowest BCUT2D eigenvalue weighted by Crippen LogP contribution is -2.25. The molecule has 1 amide bonds. The van der Waals surface area contributed by atoms with Gasteiger partial charge in [0, 0.05) is 17.5 Å². The molecule has 0 atom stereocenters. The summed E-state index contributed by atoms with van der Waals surface area (Å²) in [6, 6.07) is 10.4. The average molecular weight is 289 g/mol. The molecule has 0 unspecified atom stereocenters. The summed E-state index contributed by atoms with van der Waals surface area (Å²) in [5.41, 5.74) is 0.988. The van der Waals surface area contributed by atoms with Crippen LogP contribution in [0.1, 0.15) is 25.6 Å². The second-order valence-corrected chi connectivity index (χ2v) is 5.34. The Labute approximate surface area is 121 Å². The predicted molar refractivity (Wildman–Crippen MR) is 77.9 cm³/mol. The molecule has 0 aliphatic carbocycles. The van der Waals surface area contributed by atoms with Crippen LogP contribution in [0.2, 0.25) is 0 Å². The van der Waals surface area contributed by atoms with Gasteiger partial charge in [-0.3, -0.25) is 4.79 Å². The molecule has 5 heteroatoms. The third-order valence-electron chi connectivity index (χ3n) is 2.87. The van der Waals surface area contributed by atoms with Crippen molar-refractivity contribution in [1.29, 1.82) is 0 Å². The Morgan fingerprint density at radius 3 is 2.35 bits per heavy atom. The Kier molecular flexibility index (Phi) is 4.53. The number of nitrogens with zero attached hydrogens (tertiary/aromatic N) is 1. The SMILES string of the molecule is COC(=O)c1ccc(C(=O)N(C)Cc2cccs2)cc1. The van der Waals surface area contributed by atoms with E-state index >= 15 is 0 Å². The minimum absolute atomic E-state index is 0.0742. The number of methoxy groups -OCH3 is 1. The Balaban J connectivity index is 2.07. The van der Waals surface area contributed by atoms with Gasteiger partial charge in [-0.25, -0.2) is 4.79 Å². The fraction of sp³-hybridized carbons (Fsp3) is 0.200. The van der Waals surface area contributed by atoms with Crippen molar-refractivity contribution in [3.63, 3.8) is 0 Å². The van der Waals surface area contributed by atoms with Gasteiger partial charge in [-0.1, -0.05) is 6.07 Å². The molecule has 0 bridgehead atoms. The molecule has 1 heterocycles. The number of rotatable bonds is 4. The smallest absolute Gasteiger partial charge is 0.337 e. The van der Waals surface area contributed by atoms with Crippen LogP contribution in [-0.4, -0.2) is 30.9 Å². The monoisotopic (exact) mass is 289 g/mol. The minimum Gasteiger partial charge on any atom is -0.465 e. The summed E-state index contributed by atoms with van der Waals surface area (Å²) in [6.45, 7) is 0.579. The first kappa shape index (κ1) is 14.3. The summed E-state index contributed by atoms with van der Waals surface area (Å²) in [7, 11) is 3.09. The Morgan fingerprint density at radius 1 is 1.15 bits per heavy atom. The molecular formula is C15H15NO3S. The highest BCUT2D eigenvalue weighted by molar-refractivity contribution is 7.09. The van der Waals surface area contributed by atoms with Gasteiger partial charge < -0.3 is 9.64 Å². The lowest BCUT2D eigenvalue weighted by atomic mass is 10.1. The van der Waals surface area contributed by atoms with Gasteiger partial charge in [-0.05, 0) is 35.7 Å². The van der Waals surface area contributed by atoms with E-state index in [1.54, 1.807) is 47.5 Å². The van der Waals surface area contributed by atoms with E-state index in [0.717, 1.165) is 4.88 Å². The molecule has 0 aliphatic heterocycles. The largest absolute Gasteiger partial charge is 0.465 e. The van der Waals surface area contributed by atoms with Crippen LogP contribution in [0.3, 0.4) is 0 Å². The molecular weight excluding hydrogens is 274 g/mol. The van der Waals surface area contributed by atoms with Crippen molar-refractivity contribution in [2.45, 2.75) is 6.54 Å². The number of carbonyl (C=O) groups is 2. The van der Waals surface area contributed by atoms with E-state index < -0.39 is 5.97 Å². The van der Waals surface area contributed by atoms with E-state index in [-0.39, 0.29) is 5.91 Å². The Hall–Kier alpha value is -2.14. The summed E-state index contributed by atoms with van der Waals surface area (Å²) in [6.07, 6.45) is 0. The topological polar surface area (TPSA) is 46.6 Å². The van der Waals surface area contributed by atoms with E-state index in [4.69, 9.17) is 0 Å². The van der Waals surface area contributed by atoms with Gasteiger partial charge in [0.15, 0.2) is 0 Å². The van der Waals surface area contributed by atoms with Crippen molar-refractivity contribution in [3.05, 3.63) is 57.8 Å². The zero-order valence-corrected chi connectivity index (χ0v) is 12.1. The maximum absolute atomic E-state index is 12.2. The highest BCUT2D eigenvalue weighted by Crippen LogP contribution is 2.14. The minimum atomic E-state index is -0.407. The number of ether oxygens (including phenoxy) is 1. The number of esters is 1. The fourth-order valence-corrected chi connectivity index (χ4v) is 2.55. The molecule has 4 nitrogen and oxygen atoms in total. The molecule has 0 aliphatic rings. The lowest BCUT2D eigenvalue weighted by Gasteiger charge is -2.16. The van der Waals surface area contributed by atoms with Crippen LogP contribution >= 0.6 is 11.3 Å². The first-order valence-corrected chi connectivity index (χ1v) is 6.96. The quantitative estimate of drug-likeness (QED) is 0.813.